The van der Waals surface area contributed by atoms with Crippen LogP contribution in [0.2, 0.25) is 0 Å². The molecule has 2 aromatic rings. The van der Waals surface area contributed by atoms with Crippen LogP contribution >= 0.6 is 11.6 Å². The van der Waals surface area contributed by atoms with Crippen molar-refractivity contribution in [2.45, 2.75) is 51.7 Å². The number of ketones is 1. The Morgan fingerprint density at radius 2 is 1.89 bits per heavy atom. The number of rotatable bonds is 8. The topological polar surface area (TPSA) is 111 Å². The van der Waals surface area contributed by atoms with Crippen molar-refractivity contribution < 1.29 is 19.2 Å². The second-order valence-corrected chi connectivity index (χ2v) is 11.0. The molecule has 8 nitrogen and oxygen atoms in total. The fourth-order valence-corrected chi connectivity index (χ4v) is 5.94. The maximum atomic E-state index is 13.8. The molecule has 1 saturated heterocycles. The van der Waals surface area contributed by atoms with Crippen LogP contribution in [0.1, 0.15) is 44.1 Å². The molecule has 35 heavy (non-hydrogen) atoms. The van der Waals surface area contributed by atoms with Crippen LogP contribution in [0, 0.1) is 23.2 Å². The number of benzene rings is 1. The molecule has 3 fully saturated rings. The first-order valence-electron chi connectivity index (χ1n) is 12.2. The highest BCUT2D eigenvalue weighted by Gasteiger charge is 2.69. The molecule has 2 heterocycles. The zero-order valence-corrected chi connectivity index (χ0v) is 20.9. The Labute approximate surface area is 209 Å². The summed E-state index contributed by atoms with van der Waals surface area (Å²) in [6.45, 7) is 6.28. The van der Waals surface area contributed by atoms with Gasteiger partial charge in [0.25, 0.3) is 5.91 Å². The Hall–Kier alpha value is -2.87. The summed E-state index contributed by atoms with van der Waals surface area (Å²) < 4.78 is 0. The highest BCUT2D eigenvalue weighted by atomic mass is 35.5. The number of hydrogen-bond acceptors (Lipinski definition) is 4. The Morgan fingerprint density at radius 1 is 1.17 bits per heavy atom. The highest BCUT2D eigenvalue weighted by Crippen LogP contribution is 2.65. The molecule has 0 bridgehead atoms. The Morgan fingerprint density at radius 3 is 2.54 bits per heavy atom. The van der Waals surface area contributed by atoms with E-state index in [4.69, 9.17) is 11.6 Å². The van der Waals surface area contributed by atoms with Crippen molar-refractivity contribution in [3.63, 3.8) is 0 Å². The standard InChI is InChI=1S/C26H31ClN4O4/c1-13(19(32)11-27)28-24(34)22-20-16(26(20,2)3)12-31(22)25(35)21(14-8-9-14)30-23(33)18-10-15-6-4-5-7-17(15)29-18/h4-7,10,13-14,16,20-22,29H,8-9,11-12H2,1-3H3,(H,28,34)(H,30,33)/t13-,16-,20-,21-,22-/m0/s1. The number of hydrogen-bond donors (Lipinski definition) is 3. The SMILES string of the molecule is C[C@H](NC(=O)[C@@H]1[C@@H]2[C@H](CN1C(=O)[C@@H](NC(=O)c1cc3ccccc3[nH]1)C1CC1)C2(C)C)C(=O)CCl. The molecule has 2 aliphatic carbocycles. The van der Waals surface area contributed by atoms with Gasteiger partial charge in [-0.15, -0.1) is 11.6 Å². The number of nitrogens with zero attached hydrogens (tertiary/aromatic N) is 1. The van der Waals surface area contributed by atoms with Gasteiger partial charge in [0.15, 0.2) is 5.78 Å². The predicted molar refractivity (Wildman–Crippen MR) is 132 cm³/mol. The van der Waals surface area contributed by atoms with Crippen LogP contribution in [0.25, 0.3) is 10.9 Å². The fraction of sp³-hybridized carbons (Fsp3) is 0.538. The second kappa shape index (κ2) is 8.66. The van der Waals surface area contributed by atoms with E-state index >= 15 is 0 Å². The summed E-state index contributed by atoms with van der Waals surface area (Å²) in [6.07, 6.45) is 1.71. The third kappa shape index (κ3) is 4.22. The number of alkyl halides is 1. The average Bonchev–Trinajstić information content (AvgIpc) is 3.61. The molecule has 1 aliphatic heterocycles. The quantitative estimate of drug-likeness (QED) is 0.485. The van der Waals surface area contributed by atoms with Gasteiger partial charge in [-0.25, -0.2) is 0 Å². The van der Waals surface area contributed by atoms with Crippen LogP contribution in [0.5, 0.6) is 0 Å². The zero-order valence-electron chi connectivity index (χ0n) is 20.1. The maximum absolute atomic E-state index is 13.8. The van der Waals surface area contributed by atoms with Crippen molar-refractivity contribution in [1.29, 1.82) is 0 Å². The molecular formula is C26H31ClN4O4. The molecule has 5 atom stereocenters. The van der Waals surface area contributed by atoms with E-state index in [0.29, 0.717) is 12.2 Å². The number of carbonyl (C=O) groups is 4. The number of halogens is 1. The molecule has 0 spiro atoms. The van der Waals surface area contributed by atoms with Crippen molar-refractivity contribution in [1.82, 2.24) is 20.5 Å². The first kappa shape index (κ1) is 23.9. The van der Waals surface area contributed by atoms with Gasteiger partial charge in [0, 0.05) is 17.4 Å². The summed E-state index contributed by atoms with van der Waals surface area (Å²) in [4.78, 5) is 56.8. The first-order valence-corrected chi connectivity index (χ1v) is 12.7. The largest absolute Gasteiger partial charge is 0.351 e. The lowest BCUT2D eigenvalue weighted by atomic mass is 9.98. The normalized spacial score (nSPS) is 26.1. The van der Waals surface area contributed by atoms with Crippen LogP contribution < -0.4 is 10.6 Å². The number of likely N-dealkylation sites (tertiary alicyclic amines) is 1. The third-order valence-corrected chi connectivity index (χ3v) is 8.42. The second-order valence-electron chi connectivity index (χ2n) is 10.8. The molecule has 3 N–H and O–H groups in total. The van der Waals surface area contributed by atoms with Crippen molar-refractivity contribution in [2.24, 2.45) is 23.2 Å². The molecule has 2 saturated carbocycles. The molecule has 9 heteroatoms. The van der Waals surface area contributed by atoms with Crippen LogP contribution in [-0.2, 0) is 14.4 Å². The van der Waals surface area contributed by atoms with E-state index in [-0.39, 0.29) is 52.6 Å². The zero-order chi connectivity index (χ0) is 25.1. The van der Waals surface area contributed by atoms with Crippen molar-refractivity contribution in [2.75, 3.05) is 12.4 Å². The number of nitrogens with one attached hydrogen (secondary N) is 3. The summed E-state index contributed by atoms with van der Waals surface area (Å²) in [5.41, 5.74) is 1.20. The summed E-state index contributed by atoms with van der Waals surface area (Å²) >= 11 is 5.65. The number of para-hydroxylation sites is 1. The minimum atomic E-state index is -0.723. The summed E-state index contributed by atoms with van der Waals surface area (Å²) in [7, 11) is 0. The fourth-order valence-electron chi connectivity index (χ4n) is 5.71. The van der Waals surface area contributed by atoms with Crippen LogP contribution in [-0.4, -0.2) is 63.9 Å². The number of aromatic nitrogens is 1. The Bertz CT molecular complexity index is 1170. The number of fused-ring (bicyclic) bond motifs is 2. The summed E-state index contributed by atoms with van der Waals surface area (Å²) in [5, 5.41) is 6.63. The molecule has 3 aliphatic rings. The van der Waals surface area contributed by atoms with E-state index in [1.807, 2.05) is 24.3 Å². The van der Waals surface area contributed by atoms with E-state index in [0.717, 1.165) is 23.7 Å². The molecule has 3 amide bonds. The predicted octanol–water partition coefficient (Wildman–Crippen LogP) is 2.47. The van der Waals surface area contributed by atoms with Gasteiger partial charge in [-0.3, -0.25) is 19.2 Å². The van der Waals surface area contributed by atoms with E-state index < -0.39 is 18.1 Å². The molecule has 5 rings (SSSR count). The highest BCUT2D eigenvalue weighted by molar-refractivity contribution is 6.28. The van der Waals surface area contributed by atoms with Gasteiger partial charge in [0.05, 0.1) is 11.9 Å². The lowest BCUT2D eigenvalue weighted by Gasteiger charge is -2.33. The van der Waals surface area contributed by atoms with Crippen LogP contribution in [0.15, 0.2) is 30.3 Å². The van der Waals surface area contributed by atoms with Crippen molar-refractivity contribution in [3.8, 4) is 0 Å². The van der Waals surface area contributed by atoms with Gasteiger partial charge >= 0.3 is 0 Å². The summed E-state index contributed by atoms with van der Waals surface area (Å²) in [5.74, 6) is -1.06. The van der Waals surface area contributed by atoms with Gasteiger partial charge in [0.2, 0.25) is 11.8 Å². The number of aromatic amines is 1. The lowest BCUT2D eigenvalue weighted by molar-refractivity contribution is -0.142. The first-order chi connectivity index (χ1) is 16.6. The minimum Gasteiger partial charge on any atom is -0.351 e. The van der Waals surface area contributed by atoms with E-state index in [9.17, 15) is 19.2 Å². The van der Waals surface area contributed by atoms with Gasteiger partial charge in [-0.2, -0.15) is 0 Å². The average molecular weight is 499 g/mol. The maximum Gasteiger partial charge on any atom is 0.268 e. The van der Waals surface area contributed by atoms with Crippen LogP contribution in [0.4, 0.5) is 0 Å². The minimum absolute atomic E-state index is 0.0222. The van der Waals surface area contributed by atoms with E-state index in [2.05, 4.69) is 29.5 Å². The molecule has 0 radical (unpaired) electrons. The van der Waals surface area contributed by atoms with Gasteiger partial charge < -0.3 is 20.5 Å². The number of piperidine rings is 1. The van der Waals surface area contributed by atoms with Gasteiger partial charge in [0.1, 0.15) is 17.8 Å². The van der Waals surface area contributed by atoms with Gasteiger partial charge in [-0.1, -0.05) is 32.0 Å². The number of Topliss-reactive ketones (excluding diaryl/α,β-unsaturated/α-hetero) is 1. The van der Waals surface area contributed by atoms with Crippen molar-refractivity contribution >= 4 is 46.0 Å². The Kier molecular flexibility index (Phi) is 5.90. The number of H-pyrrole nitrogens is 1. The molecule has 0 unspecified atom stereocenters. The third-order valence-electron chi connectivity index (χ3n) is 8.15. The smallest absolute Gasteiger partial charge is 0.268 e. The van der Waals surface area contributed by atoms with E-state index in [1.165, 1.54) is 0 Å². The van der Waals surface area contributed by atoms with Gasteiger partial charge in [-0.05, 0) is 55.1 Å². The molecule has 186 valence electrons. The Balaban J connectivity index is 1.34. The van der Waals surface area contributed by atoms with Crippen molar-refractivity contribution in [3.05, 3.63) is 36.0 Å². The molecule has 1 aromatic carbocycles. The summed E-state index contributed by atoms with van der Waals surface area (Å²) in [6, 6.07) is 7.31. The lowest BCUT2D eigenvalue weighted by Crippen LogP contribution is -2.57. The van der Waals surface area contributed by atoms with E-state index in [1.54, 1.807) is 17.9 Å². The molecular weight excluding hydrogens is 468 g/mol. The van der Waals surface area contributed by atoms with Crippen LogP contribution in [0.3, 0.4) is 0 Å². The molecule has 1 aromatic heterocycles. The number of amides is 3. The monoisotopic (exact) mass is 498 g/mol. The number of carbonyl (C=O) groups excluding carboxylic acids is 4.